The van der Waals surface area contributed by atoms with E-state index in [2.05, 4.69) is 10.2 Å². The Balaban J connectivity index is 1.26. The van der Waals surface area contributed by atoms with E-state index in [4.69, 9.17) is 4.74 Å². The Labute approximate surface area is 259 Å². The van der Waals surface area contributed by atoms with Crippen LogP contribution < -0.4 is 9.64 Å². The highest BCUT2D eigenvalue weighted by molar-refractivity contribution is 8.00. The van der Waals surface area contributed by atoms with Gasteiger partial charge in [-0.2, -0.15) is 0 Å². The molecule has 1 aliphatic heterocycles. The molecule has 3 heterocycles. The van der Waals surface area contributed by atoms with Crippen molar-refractivity contribution < 1.29 is 23.8 Å². The molecule has 1 fully saturated rings. The zero-order chi connectivity index (χ0) is 29.9. The number of carbonyl (C=O) groups is 2. The van der Waals surface area contributed by atoms with Crippen molar-refractivity contribution in [1.82, 2.24) is 10.2 Å². The number of aromatic nitrogens is 2. The molecule has 1 unspecified atom stereocenters. The van der Waals surface area contributed by atoms with Crippen LogP contribution in [-0.4, -0.2) is 27.0 Å². The first kappa shape index (κ1) is 28.8. The number of ether oxygens (including phenoxy) is 1. The third kappa shape index (κ3) is 6.10. The van der Waals surface area contributed by atoms with Crippen LogP contribution in [0.2, 0.25) is 0 Å². The van der Waals surface area contributed by atoms with Crippen LogP contribution in [0, 0.1) is 12.7 Å². The number of anilines is 1. The molecule has 11 heteroatoms. The Bertz CT molecular complexity index is 1800. The number of hydrogen-bond donors (Lipinski definition) is 1. The molecule has 1 aliphatic rings. The predicted molar refractivity (Wildman–Crippen MR) is 167 cm³/mol. The summed E-state index contributed by atoms with van der Waals surface area (Å²) in [7, 11) is 0. The molecule has 6 rings (SSSR count). The summed E-state index contributed by atoms with van der Waals surface area (Å²) in [4.78, 5) is 28.8. The van der Waals surface area contributed by atoms with Crippen LogP contribution in [0.25, 0.3) is 5.76 Å². The summed E-state index contributed by atoms with van der Waals surface area (Å²) in [5.74, 6) is -1.03. The number of thiophene rings is 1. The van der Waals surface area contributed by atoms with Gasteiger partial charge >= 0.3 is 5.91 Å². The number of rotatable bonds is 9. The van der Waals surface area contributed by atoms with Crippen molar-refractivity contribution in [1.29, 1.82) is 0 Å². The Kier molecular flexibility index (Phi) is 8.37. The second-order valence-corrected chi connectivity index (χ2v) is 12.8. The minimum absolute atomic E-state index is 0.0169. The van der Waals surface area contributed by atoms with Crippen LogP contribution in [0.5, 0.6) is 5.75 Å². The highest BCUT2D eigenvalue weighted by Crippen LogP contribution is 2.45. The summed E-state index contributed by atoms with van der Waals surface area (Å²) in [6.07, 6.45) is 0. The van der Waals surface area contributed by atoms with Gasteiger partial charge in [0.1, 0.15) is 30.0 Å². The summed E-state index contributed by atoms with van der Waals surface area (Å²) in [6.45, 7) is 2.42. The molecular formula is C32H24FN3O4S3. The van der Waals surface area contributed by atoms with Gasteiger partial charge in [-0.05, 0) is 71.5 Å². The maximum Gasteiger partial charge on any atom is 0.301 e. The van der Waals surface area contributed by atoms with Crippen molar-refractivity contribution in [3.05, 3.63) is 129 Å². The molecule has 1 N–H and O–H groups in total. The van der Waals surface area contributed by atoms with Crippen LogP contribution in [0.4, 0.5) is 9.52 Å². The van der Waals surface area contributed by atoms with Crippen molar-refractivity contribution in [2.24, 2.45) is 0 Å². The number of thioether (sulfide) groups is 1. The van der Waals surface area contributed by atoms with E-state index in [1.54, 1.807) is 36.4 Å². The van der Waals surface area contributed by atoms with E-state index in [9.17, 15) is 19.1 Å². The first-order valence-corrected chi connectivity index (χ1v) is 15.9. The van der Waals surface area contributed by atoms with Gasteiger partial charge in [-0.3, -0.25) is 14.5 Å². The van der Waals surface area contributed by atoms with Gasteiger partial charge in [-0.15, -0.1) is 21.5 Å². The van der Waals surface area contributed by atoms with Gasteiger partial charge in [-0.25, -0.2) is 4.39 Å². The molecule has 1 saturated heterocycles. The van der Waals surface area contributed by atoms with Gasteiger partial charge in [0.15, 0.2) is 4.34 Å². The molecule has 0 bridgehead atoms. The van der Waals surface area contributed by atoms with E-state index >= 15 is 0 Å². The number of aliphatic hydroxyl groups excluding tert-OH is 1. The van der Waals surface area contributed by atoms with E-state index < -0.39 is 17.7 Å². The van der Waals surface area contributed by atoms with E-state index in [-0.39, 0.29) is 22.3 Å². The maximum atomic E-state index is 13.4. The molecule has 2 aromatic heterocycles. The van der Waals surface area contributed by atoms with E-state index in [0.717, 1.165) is 16.7 Å². The SMILES string of the molecule is Cc1ccccc1COc1ccc(/C(O)=C2\C(=O)C(=O)N(c3nnc(SCc4ccc(F)cc4)s3)C2c2cccs2)cc1. The average Bonchev–Trinajstić information content (AvgIpc) is 3.77. The first-order chi connectivity index (χ1) is 20.9. The number of ketones is 1. The predicted octanol–water partition coefficient (Wildman–Crippen LogP) is 7.54. The van der Waals surface area contributed by atoms with Crippen molar-refractivity contribution in [2.75, 3.05) is 4.90 Å². The Morgan fingerprint density at radius 3 is 2.49 bits per heavy atom. The van der Waals surface area contributed by atoms with Crippen LogP contribution in [0.1, 0.15) is 33.2 Å². The standard InChI is InChI=1S/C32H24FN3O4S3/c1-19-5-2-3-6-22(19)17-40-24-14-10-21(11-15-24)28(37)26-27(25-7-4-16-41-25)36(30(39)29(26)38)31-34-35-32(43-31)42-18-20-8-12-23(33)13-9-20/h2-16,27,37H,17-18H2,1H3/b28-26+. The fourth-order valence-electron chi connectivity index (χ4n) is 4.63. The summed E-state index contributed by atoms with van der Waals surface area (Å²) in [5, 5.41) is 21.9. The Morgan fingerprint density at radius 1 is 1.00 bits per heavy atom. The molecule has 3 aromatic carbocycles. The number of carbonyl (C=O) groups excluding carboxylic acids is 2. The quantitative estimate of drug-likeness (QED) is 0.0592. The number of aliphatic hydroxyl groups is 1. The molecule has 0 radical (unpaired) electrons. The molecule has 7 nitrogen and oxygen atoms in total. The van der Waals surface area contributed by atoms with Crippen molar-refractivity contribution in [3.63, 3.8) is 0 Å². The number of halogens is 1. The van der Waals surface area contributed by atoms with E-state index in [0.29, 0.717) is 32.9 Å². The molecule has 216 valence electrons. The van der Waals surface area contributed by atoms with Crippen LogP contribution >= 0.6 is 34.4 Å². The summed E-state index contributed by atoms with van der Waals surface area (Å²) in [6, 6.07) is 23.7. The second kappa shape index (κ2) is 12.5. The lowest BCUT2D eigenvalue weighted by Gasteiger charge is -2.20. The largest absolute Gasteiger partial charge is 0.507 e. The number of benzene rings is 3. The molecular weight excluding hydrogens is 606 g/mol. The zero-order valence-corrected chi connectivity index (χ0v) is 25.2. The Hall–Kier alpha value is -4.32. The van der Waals surface area contributed by atoms with Crippen molar-refractivity contribution in [3.8, 4) is 5.75 Å². The smallest absolute Gasteiger partial charge is 0.301 e. The third-order valence-corrected chi connectivity index (χ3v) is 9.97. The van der Waals surface area contributed by atoms with E-state index in [1.807, 2.05) is 48.7 Å². The fourth-order valence-corrected chi connectivity index (χ4v) is 7.27. The van der Waals surface area contributed by atoms with Gasteiger partial charge in [-0.1, -0.05) is 65.6 Å². The average molecular weight is 630 g/mol. The Morgan fingerprint density at radius 2 is 1.77 bits per heavy atom. The number of amides is 1. The van der Waals surface area contributed by atoms with Gasteiger partial charge < -0.3 is 9.84 Å². The van der Waals surface area contributed by atoms with Gasteiger partial charge in [0.2, 0.25) is 5.13 Å². The molecule has 43 heavy (non-hydrogen) atoms. The molecule has 0 aliphatic carbocycles. The lowest BCUT2D eigenvalue weighted by molar-refractivity contribution is -0.132. The number of hydrogen-bond acceptors (Lipinski definition) is 9. The number of nitrogens with zero attached hydrogens (tertiary/aromatic N) is 3. The van der Waals surface area contributed by atoms with Crippen LogP contribution in [0.3, 0.4) is 0 Å². The van der Waals surface area contributed by atoms with Crippen molar-refractivity contribution in [2.45, 2.75) is 29.7 Å². The van der Waals surface area contributed by atoms with Crippen LogP contribution in [-0.2, 0) is 21.9 Å². The molecule has 5 aromatic rings. The van der Waals surface area contributed by atoms with E-state index in [1.165, 1.54) is 51.5 Å². The van der Waals surface area contributed by atoms with Crippen LogP contribution in [0.15, 0.2) is 100 Å². The first-order valence-electron chi connectivity index (χ1n) is 13.2. The minimum atomic E-state index is -0.861. The minimum Gasteiger partial charge on any atom is -0.507 e. The molecule has 1 atom stereocenters. The van der Waals surface area contributed by atoms with Gasteiger partial charge in [0.25, 0.3) is 5.78 Å². The third-order valence-electron chi connectivity index (χ3n) is 6.92. The van der Waals surface area contributed by atoms with Gasteiger partial charge in [0, 0.05) is 16.2 Å². The topological polar surface area (TPSA) is 92.6 Å². The van der Waals surface area contributed by atoms with Gasteiger partial charge in [0.05, 0.1) is 5.57 Å². The summed E-state index contributed by atoms with van der Waals surface area (Å²) >= 11 is 3.95. The molecule has 1 amide bonds. The number of aryl methyl sites for hydroxylation is 1. The lowest BCUT2D eigenvalue weighted by atomic mass is 10.00. The summed E-state index contributed by atoms with van der Waals surface area (Å²) in [5.41, 5.74) is 3.48. The number of Topliss-reactive ketones (excluding diaryl/α,β-unsaturated/α-hetero) is 1. The zero-order valence-electron chi connectivity index (χ0n) is 22.8. The monoisotopic (exact) mass is 629 g/mol. The molecule has 0 spiro atoms. The summed E-state index contributed by atoms with van der Waals surface area (Å²) < 4.78 is 19.8. The molecule has 0 saturated carbocycles. The normalized spacial score (nSPS) is 16.1. The highest BCUT2D eigenvalue weighted by Gasteiger charge is 2.48. The van der Waals surface area contributed by atoms with Crippen molar-refractivity contribution >= 4 is 57.0 Å². The maximum absolute atomic E-state index is 13.4. The fraction of sp³-hybridized carbons (Fsp3) is 0.125. The highest BCUT2D eigenvalue weighted by atomic mass is 32.2. The second-order valence-electron chi connectivity index (χ2n) is 9.69. The lowest BCUT2D eigenvalue weighted by Crippen LogP contribution is -2.29.